The van der Waals surface area contributed by atoms with E-state index in [9.17, 15) is 9.59 Å². The predicted molar refractivity (Wildman–Crippen MR) is 94.2 cm³/mol. The lowest BCUT2D eigenvalue weighted by molar-refractivity contribution is -0.137. The minimum absolute atomic E-state index is 0.0226. The highest BCUT2D eigenvalue weighted by molar-refractivity contribution is 5.74. The lowest BCUT2D eigenvalue weighted by Crippen LogP contribution is -2.45. The molecular weight excluding hydrogens is 320 g/mol. The number of nitrogens with zero attached hydrogens (tertiary/aromatic N) is 3. The summed E-state index contributed by atoms with van der Waals surface area (Å²) in [7, 11) is 1.72. The highest BCUT2D eigenvalue weighted by Crippen LogP contribution is 2.08. The van der Waals surface area contributed by atoms with Crippen molar-refractivity contribution in [2.24, 2.45) is 0 Å². The standard InChI is InChI=1S/C18H24N4O3/c1-21(12-13-22-11-5-10-19-22)18(25)20-16(8-9-17(23)24)14-15-6-3-2-4-7-15/h2-7,10-11,16H,8-9,12-14H2,1H3,(H,20,25)(H,23,24). The van der Waals surface area contributed by atoms with Crippen LogP contribution >= 0.6 is 0 Å². The Morgan fingerprint density at radius 3 is 2.68 bits per heavy atom. The average molecular weight is 344 g/mol. The van der Waals surface area contributed by atoms with Gasteiger partial charge in [0, 0.05) is 38.4 Å². The average Bonchev–Trinajstić information content (AvgIpc) is 3.12. The molecule has 7 nitrogen and oxygen atoms in total. The molecule has 0 bridgehead atoms. The molecule has 1 heterocycles. The molecule has 0 saturated heterocycles. The van der Waals surface area contributed by atoms with E-state index in [1.165, 1.54) is 0 Å². The van der Waals surface area contributed by atoms with E-state index in [0.29, 0.717) is 25.9 Å². The number of aliphatic carboxylic acids is 1. The first-order chi connectivity index (χ1) is 12.0. The van der Waals surface area contributed by atoms with Gasteiger partial charge in [-0.05, 0) is 24.5 Å². The zero-order chi connectivity index (χ0) is 18.1. The van der Waals surface area contributed by atoms with Gasteiger partial charge in [-0.3, -0.25) is 9.48 Å². The summed E-state index contributed by atoms with van der Waals surface area (Å²) in [6, 6.07) is 11.1. The number of carboxylic acids is 1. The lowest BCUT2D eigenvalue weighted by Gasteiger charge is -2.23. The van der Waals surface area contributed by atoms with Crippen molar-refractivity contribution >= 4 is 12.0 Å². The van der Waals surface area contributed by atoms with Crippen molar-refractivity contribution in [1.82, 2.24) is 20.0 Å². The molecule has 0 spiro atoms. The first-order valence-corrected chi connectivity index (χ1v) is 8.29. The number of urea groups is 1. The zero-order valence-electron chi connectivity index (χ0n) is 14.3. The summed E-state index contributed by atoms with van der Waals surface area (Å²) < 4.78 is 1.76. The number of hydrogen-bond donors (Lipinski definition) is 2. The van der Waals surface area contributed by atoms with E-state index < -0.39 is 5.97 Å². The predicted octanol–water partition coefficient (Wildman–Crippen LogP) is 2.00. The first-order valence-electron chi connectivity index (χ1n) is 8.29. The number of benzene rings is 1. The minimum Gasteiger partial charge on any atom is -0.481 e. The molecule has 7 heteroatoms. The van der Waals surface area contributed by atoms with Gasteiger partial charge < -0.3 is 15.3 Å². The van der Waals surface area contributed by atoms with Crippen LogP contribution in [0.1, 0.15) is 18.4 Å². The number of amides is 2. The monoisotopic (exact) mass is 344 g/mol. The Kier molecular flexibility index (Phi) is 7.00. The van der Waals surface area contributed by atoms with Gasteiger partial charge in [0.25, 0.3) is 0 Å². The molecule has 1 unspecified atom stereocenters. The number of nitrogens with one attached hydrogen (secondary N) is 1. The van der Waals surface area contributed by atoms with Crippen molar-refractivity contribution < 1.29 is 14.7 Å². The molecule has 1 atom stereocenters. The topological polar surface area (TPSA) is 87.5 Å². The Labute approximate surface area is 147 Å². The van der Waals surface area contributed by atoms with Crippen LogP contribution in [-0.4, -0.2) is 51.4 Å². The van der Waals surface area contributed by atoms with Crippen LogP contribution in [0.15, 0.2) is 48.8 Å². The molecule has 134 valence electrons. The van der Waals surface area contributed by atoms with Gasteiger partial charge in [-0.1, -0.05) is 30.3 Å². The maximum Gasteiger partial charge on any atom is 0.317 e. The van der Waals surface area contributed by atoms with E-state index in [-0.39, 0.29) is 18.5 Å². The van der Waals surface area contributed by atoms with Crippen LogP contribution in [0.25, 0.3) is 0 Å². The molecule has 2 aromatic rings. The minimum atomic E-state index is -0.862. The quantitative estimate of drug-likeness (QED) is 0.728. The second-order valence-corrected chi connectivity index (χ2v) is 5.96. The number of carbonyl (C=O) groups excluding carboxylic acids is 1. The number of hydrogen-bond acceptors (Lipinski definition) is 3. The van der Waals surface area contributed by atoms with Crippen molar-refractivity contribution in [2.45, 2.75) is 31.8 Å². The van der Waals surface area contributed by atoms with Gasteiger partial charge in [-0.25, -0.2) is 4.79 Å². The van der Waals surface area contributed by atoms with Crippen LogP contribution in [-0.2, 0) is 17.8 Å². The van der Waals surface area contributed by atoms with Crippen molar-refractivity contribution in [3.63, 3.8) is 0 Å². The highest BCUT2D eigenvalue weighted by Gasteiger charge is 2.17. The molecular formula is C18H24N4O3. The molecule has 1 aromatic heterocycles. The number of carbonyl (C=O) groups is 2. The third-order valence-electron chi connectivity index (χ3n) is 3.93. The molecule has 0 saturated carbocycles. The smallest absolute Gasteiger partial charge is 0.317 e. The number of rotatable bonds is 9. The van der Waals surface area contributed by atoms with Gasteiger partial charge in [0.05, 0.1) is 6.54 Å². The largest absolute Gasteiger partial charge is 0.481 e. The molecule has 0 aliphatic carbocycles. The summed E-state index contributed by atoms with van der Waals surface area (Å²) in [4.78, 5) is 24.8. The van der Waals surface area contributed by atoms with E-state index in [1.807, 2.05) is 42.6 Å². The number of aromatic nitrogens is 2. The van der Waals surface area contributed by atoms with Crippen LogP contribution in [0.2, 0.25) is 0 Å². The van der Waals surface area contributed by atoms with E-state index >= 15 is 0 Å². The van der Waals surface area contributed by atoms with Crippen molar-refractivity contribution in [2.75, 3.05) is 13.6 Å². The maximum absolute atomic E-state index is 12.4. The van der Waals surface area contributed by atoms with Gasteiger partial charge >= 0.3 is 12.0 Å². The molecule has 1 aromatic carbocycles. The zero-order valence-corrected chi connectivity index (χ0v) is 14.3. The fourth-order valence-electron chi connectivity index (χ4n) is 2.49. The molecule has 2 rings (SSSR count). The van der Waals surface area contributed by atoms with Crippen LogP contribution in [0.4, 0.5) is 4.79 Å². The molecule has 0 aliphatic rings. The molecule has 0 aliphatic heterocycles. The van der Waals surface area contributed by atoms with Gasteiger partial charge in [-0.15, -0.1) is 0 Å². The van der Waals surface area contributed by atoms with Crippen LogP contribution in [0.3, 0.4) is 0 Å². The molecule has 2 amide bonds. The van der Waals surface area contributed by atoms with E-state index in [2.05, 4.69) is 10.4 Å². The fraction of sp³-hybridized carbons (Fsp3) is 0.389. The van der Waals surface area contributed by atoms with Crippen LogP contribution in [0.5, 0.6) is 0 Å². The van der Waals surface area contributed by atoms with Crippen molar-refractivity contribution in [1.29, 1.82) is 0 Å². The van der Waals surface area contributed by atoms with Gasteiger partial charge in [0.2, 0.25) is 0 Å². The molecule has 25 heavy (non-hydrogen) atoms. The summed E-state index contributed by atoms with van der Waals surface area (Å²) in [6.07, 6.45) is 4.56. The summed E-state index contributed by atoms with van der Waals surface area (Å²) in [5, 5.41) is 16.0. The first kappa shape index (κ1) is 18.5. The maximum atomic E-state index is 12.4. The van der Waals surface area contributed by atoms with E-state index in [4.69, 9.17) is 5.11 Å². The number of carboxylic acid groups (broad SMARTS) is 1. The van der Waals surface area contributed by atoms with Crippen molar-refractivity contribution in [3.05, 3.63) is 54.4 Å². The Morgan fingerprint density at radius 2 is 2.04 bits per heavy atom. The van der Waals surface area contributed by atoms with E-state index in [1.54, 1.807) is 22.8 Å². The lowest BCUT2D eigenvalue weighted by atomic mass is 10.0. The third kappa shape index (κ3) is 6.66. The van der Waals surface area contributed by atoms with Gasteiger partial charge in [0.1, 0.15) is 0 Å². The van der Waals surface area contributed by atoms with E-state index in [0.717, 1.165) is 5.56 Å². The fourth-order valence-corrected chi connectivity index (χ4v) is 2.49. The Bertz CT molecular complexity index is 658. The van der Waals surface area contributed by atoms with Crippen LogP contribution < -0.4 is 5.32 Å². The Balaban J connectivity index is 1.89. The SMILES string of the molecule is CN(CCn1cccn1)C(=O)NC(CCC(=O)O)Cc1ccccc1. The number of likely N-dealkylation sites (N-methyl/N-ethyl adjacent to an activating group) is 1. The second-order valence-electron chi connectivity index (χ2n) is 5.96. The Hall–Kier alpha value is -2.83. The normalized spacial score (nSPS) is 11.7. The van der Waals surface area contributed by atoms with Gasteiger partial charge in [-0.2, -0.15) is 5.10 Å². The molecule has 2 N–H and O–H groups in total. The summed E-state index contributed by atoms with van der Waals surface area (Å²) >= 11 is 0. The third-order valence-corrected chi connectivity index (χ3v) is 3.93. The highest BCUT2D eigenvalue weighted by atomic mass is 16.4. The van der Waals surface area contributed by atoms with Gasteiger partial charge in [0.15, 0.2) is 0 Å². The summed E-state index contributed by atoms with van der Waals surface area (Å²) in [6.45, 7) is 1.12. The Morgan fingerprint density at radius 1 is 1.28 bits per heavy atom. The van der Waals surface area contributed by atoms with Crippen molar-refractivity contribution in [3.8, 4) is 0 Å². The summed E-state index contributed by atoms with van der Waals surface area (Å²) in [5.41, 5.74) is 1.07. The summed E-state index contributed by atoms with van der Waals surface area (Å²) in [5.74, 6) is -0.862. The molecule has 0 radical (unpaired) electrons. The molecule has 0 fully saturated rings. The van der Waals surface area contributed by atoms with Crippen LogP contribution in [0, 0.1) is 0 Å². The second kappa shape index (κ2) is 9.46.